The van der Waals surface area contributed by atoms with Crippen molar-refractivity contribution in [2.75, 3.05) is 4.90 Å². The molecule has 4 aromatic rings. The highest BCUT2D eigenvalue weighted by atomic mass is 35.5. The van der Waals surface area contributed by atoms with Crippen LogP contribution in [0.15, 0.2) is 77.0 Å². The number of nitrogens with zero attached hydrogens (tertiary/aromatic N) is 3. The van der Waals surface area contributed by atoms with Crippen molar-refractivity contribution >= 4 is 28.9 Å². The van der Waals surface area contributed by atoms with Gasteiger partial charge in [-0.15, -0.1) is 0 Å². The van der Waals surface area contributed by atoms with Gasteiger partial charge in [0.05, 0.1) is 17.3 Å². The fourth-order valence-electron chi connectivity index (χ4n) is 4.09. The maximum absolute atomic E-state index is 14.0. The Hall–Kier alpha value is -4.04. The molecule has 3 aromatic carbocycles. The summed E-state index contributed by atoms with van der Waals surface area (Å²) in [6.45, 7) is 3.63. The largest absolute Gasteiger partial charge is 0.334 e. The van der Waals surface area contributed by atoms with Crippen molar-refractivity contribution in [3.63, 3.8) is 0 Å². The van der Waals surface area contributed by atoms with E-state index in [-0.39, 0.29) is 11.6 Å². The van der Waals surface area contributed by atoms with Gasteiger partial charge in [-0.2, -0.15) is 4.98 Å². The molecule has 2 amide bonds. The van der Waals surface area contributed by atoms with Gasteiger partial charge < -0.3 is 9.84 Å². The highest BCUT2D eigenvalue weighted by Crippen LogP contribution is 2.39. The second-order valence-corrected chi connectivity index (χ2v) is 8.63. The van der Waals surface area contributed by atoms with E-state index in [9.17, 15) is 13.6 Å². The number of hydrogen-bond donors (Lipinski definition) is 1. The van der Waals surface area contributed by atoms with E-state index in [4.69, 9.17) is 16.1 Å². The van der Waals surface area contributed by atoms with Gasteiger partial charge in [-0.1, -0.05) is 58.7 Å². The van der Waals surface area contributed by atoms with Gasteiger partial charge >= 0.3 is 6.03 Å². The lowest BCUT2D eigenvalue weighted by molar-refractivity contribution is 0.244. The first kappa shape index (κ1) is 22.7. The Balaban J connectivity index is 1.67. The van der Waals surface area contributed by atoms with E-state index in [0.29, 0.717) is 27.7 Å². The predicted octanol–water partition coefficient (Wildman–Crippen LogP) is 6.68. The van der Waals surface area contributed by atoms with E-state index < -0.39 is 23.7 Å². The monoisotopic (exact) mass is 492 g/mol. The smallest absolute Gasteiger partial charge is 0.327 e. The average molecular weight is 493 g/mol. The normalized spacial score (nSPS) is 16.0. The highest BCUT2D eigenvalue weighted by molar-refractivity contribution is 6.30. The fourth-order valence-corrected chi connectivity index (χ4v) is 4.29. The van der Waals surface area contributed by atoms with E-state index in [0.717, 1.165) is 29.3 Å². The highest BCUT2D eigenvalue weighted by Gasteiger charge is 2.37. The quantitative estimate of drug-likeness (QED) is 0.345. The molecule has 35 heavy (non-hydrogen) atoms. The van der Waals surface area contributed by atoms with Crippen LogP contribution in [0, 0.1) is 18.6 Å². The minimum absolute atomic E-state index is 0.0258. The van der Waals surface area contributed by atoms with Crippen LogP contribution in [0.1, 0.15) is 30.0 Å². The number of nitrogens with one attached hydrogen (secondary N) is 1. The van der Waals surface area contributed by atoms with E-state index in [2.05, 4.69) is 15.5 Å². The van der Waals surface area contributed by atoms with Gasteiger partial charge in [-0.05, 0) is 43.7 Å². The van der Waals surface area contributed by atoms with Crippen LogP contribution in [0.4, 0.5) is 19.3 Å². The number of hydrogen-bond acceptors (Lipinski definition) is 4. The predicted molar refractivity (Wildman–Crippen MR) is 129 cm³/mol. The molecule has 2 heterocycles. The number of carbonyl (C=O) groups excluding carboxylic acids is 1. The Kier molecular flexibility index (Phi) is 5.82. The Labute approximate surface area is 204 Å². The van der Waals surface area contributed by atoms with Crippen LogP contribution in [0.25, 0.3) is 17.0 Å². The molecule has 1 N–H and O–H groups in total. The van der Waals surface area contributed by atoms with Crippen molar-refractivity contribution in [3.05, 3.63) is 106 Å². The lowest BCUT2D eigenvalue weighted by Gasteiger charge is -2.35. The molecule has 1 aromatic heterocycles. The van der Waals surface area contributed by atoms with Crippen molar-refractivity contribution < 1.29 is 18.1 Å². The maximum atomic E-state index is 14.0. The number of allylic oxidation sites excluding steroid dienone is 1. The summed E-state index contributed by atoms with van der Waals surface area (Å²) in [5.41, 5.74) is 3.40. The van der Waals surface area contributed by atoms with E-state index >= 15 is 0 Å². The zero-order chi connectivity index (χ0) is 24.7. The van der Waals surface area contributed by atoms with Crippen LogP contribution in [0.5, 0.6) is 0 Å². The molecule has 1 unspecified atom stereocenters. The van der Waals surface area contributed by atoms with Crippen molar-refractivity contribution in [2.45, 2.75) is 19.9 Å². The number of aromatic nitrogens is 2. The zero-order valence-electron chi connectivity index (χ0n) is 18.7. The standard InChI is InChI=1S/C26H19ClF2N4O2/c1-14-6-8-16(9-7-14)24-31-25(35-32-24)22-15(2)33(21-12-19(28)11-20(29)13-21)26(34)30-23(22)17-4-3-5-18(27)10-17/h3-13,23H,1-2H3,(H,30,34). The van der Waals surface area contributed by atoms with Crippen LogP contribution in [-0.2, 0) is 0 Å². The molecular formula is C26H19ClF2N4O2. The number of anilines is 1. The number of carbonyl (C=O) groups is 1. The van der Waals surface area contributed by atoms with Gasteiger partial charge in [-0.3, -0.25) is 4.90 Å². The third kappa shape index (κ3) is 4.40. The van der Waals surface area contributed by atoms with Crippen LogP contribution < -0.4 is 10.2 Å². The second-order valence-electron chi connectivity index (χ2n) is 8.19. The van der Waals surface area contributed by atoms with E-state index in [1.807, 2.05) is 31.2 Å². The first-order chi connectivity index (χ1) is 16.8. The summed E-state index contributed by atoms with van der Waals surface area (Å²) in [6, 6.07) is 16.3. The van der Waals surface area contributed by atoms with Crippen molar-refractivity contribution in [3.8, 4) is 11.4 Å². The Morgan fingerprint density at radius 1 is 1.00 bits per heavy atom. The van der Waals surface area contributed by atoms with Crippen molar-refractivity contribution in [2.24, 2.45) is 0 Å². The number of urea groups is 1. The third-order valence-electron chi connectivity index (χ3n) is 5.74. The van der Waals surface area contributed by atoms with Crippen LogP contribution in [-0.4, -0.2) is 16.2 Å². The molecule has 0 aliphatic carbocycles. The lowest BCUT2D eigenvalue weighted by Crippen LogP contribution is -2.46. The molecular weight excluding hydrogens is 474 g/mol. The molecule has 5 rings (SSSR count). The summed E-state index contributed by atoms with van der Waals surface area (Å²) < 4.78 is 33.6. The lowest BCUT2D eigenvalue weighted by atomic mass is 9.94. The first-order valence-corrected chi connectivity index (χ1v) is 11.1. The molecule has 1 aliphatic heterocycles. The first-order valence-electron chi connectivity index (χ1n) is 10.7. The van der Waals surface area contributed by atoms with E-state index in [1.54, 1.807) is 31.2 Å². The van der Waals surface area contributed by atoms with Crippen LogP contribution in [0.2, 0.25) is 5.02 Å². The zero-order valence-corrected chi connectivity index (χ0v) is 19.5. The number of amides is 2. The summed E-state index contributed by atoms with van der Waals surface area (Å²) >= 11 is 6.21. The molecule has 1 atom stereocenters. The Morgan fingerprint density at radius 3 is 2.40 bits per heavy atom. The fraction of sp³-hybridized carbons (Fsp3) is 0.115. The molecule has 1 aliphatic rings. The van der Waals surface area contributed by atoms with Gasteiger partial charge in [0, 0.05) is 22.3 Å². The van der Waals surface area contributed by atoms with Gasteiger partial charge in [0.1, 0.15) is 11.6 Å². The van der Waals surface area contributed by atoms with E-state index in [1.165, 1.54) is 4.90 Å². The van der Waals surface area contributed by atoms with Gasteiger partial charge in [0.25, 0.3) is 5.89 Å². The number of halogens is 3. The molecule has 6 nitrogen and oxygen atoms in total. The summed E-state index contributed by atoms with van der Waals surface area (Å²) in [4.78, 5) is 18.9. The molecule has 0 saturated carbocycles. The molecule has 0 radical (unpaired) electrons. The minimum Gasteiger partial charge on any atom is -0.334 e. The van der Waals surface area contributed by atoms with Gasteiger partial charge in [0.15, 0.2) is 0 Å². The number of rotatable bonds is 4. The number of benzene rings is 3. The molecule has 0 bridgehead atoms. The number of aryl methyl sites for hydroxylation is 1. The van der Waals surface area contributed by atoms with Crippen LogP contribution >= 0.6 is 11.6 Å². The minimum atomic E-state index is -0.807. The van der Waals surface area contributed by atoms with Crippen LogP contribution in [0.3, 0.4) is 0 Å². The van der Waals surface area contributed by atoms with Gasteiger partial charge in [-0.25, -0.2) is 13.6 Å². The van der Waals surface area contributed by atoms with Crippen molar-refractivity contribution in [1.29, 1.82) is 0 Å². The molecule has 0 fully saturated rings. The maximum Gasteiger partial charge on any atom is 0.327 e. The summed E-state index contributed by atoms with van der Waals surface area (Å²) in [5.74, 6) is -1.09. The third-order valence-corrected chi connectivity index (χ3v) is 5.97. The summed E-state index contributed by atoms with van der Waals surface area (Å²) in [5, 5.41) is 7.48. The Morgan fingerprint density at radius 2 is 1.71 bits per heavy atom. The SMILES string of the molecule is CC1=C(c2nc(-c3ccc(C)cc3)no2)C(c2cccc(Cl)c2)NC(=O)N1c1cc(F)cc(F)c1. The molecule has 0 spiro atoms. The molecule has 9 heteroatoms. The van der Waals surface area contributed by atoms with Crippen molar-refractivity contribution in [1.82, 2.24) is 15.5 Å². The average Bonchev–Trinajstić information content (AvgIpc) is 3.28. The van der Waals surface area contributed by atoms with Gasteiger partial charge in [0.2, 0.25) is 5.82 Å². The Bertz CT molecular complexity index is 1450. The summed E-state index contributed by atoms with van der Waals surface area (Å²) in [7, 11) is 0. The summed E-state index contributed by atoms with van der Waals surface area (Å²) in [6.07, 6.45) is 0. The molecule has 0 saturated heterocycles. The topological polar surface area (TPSA) is 71.3 Å². The second kappa shape index (κ2) is 8.96. The molecule has 176 valence electrons.